The molecular formula is C19H20N4O3. The molecule has 0 bridgehead atoms. The van der Waals surface area contributed by atoms with Crippen molar-refractivity contribution in [2.45, 2.75) is 26.3 Å². The highest BCUT2D eigenvalue weighted by Crippen LogP contribution is 2.37. The Balaban J connectivity index is 1.41. The van der Waals surface area contributed by atoms with Gasteiger partial charge in [-0.3, -0.25) is 4.79 Å². The van der Waals surface area contributed by atoms with Crippen LogP contribution in [0.15, 0.2) is 24.4 Å². The largest absolute Gasteiger partial charge is 0.454 e. The van der Waals surface area contributed by atoms with Crippen LogP contribution in [-0.4, -0.2) is 35.8 Å². The van der Waals surface area contributed by atoms with Gasteiger partial charge >= 0.3 is 0 Å². The average molecular weight is 352 g/mol. The number of hydrogen-bond acceptors (Lipinski definition) is 6. The fraction of sp³-hybridized carbons (Fsp3) is 0.421. The van der Waals surface area contributed by atoms with Gasteiger partial charge in [-0.05, 0) is 30.9 Å². The molecule has 0 saturated carbocycles. The van der Waals surface area contributed by atoms with Gasteiger partial charge in [0.15, 0.2) is 11.5 Å². The van der Waals surface area contributed by atoms with E-state index in [-0.39, 0.29) is 12.7 Å². The molecule has 0 unspecified atom stereocenters. The predicted molar refractivity (Wildman–Crippen MR) is 95.7 cm³/mol. The molecule has 1 aromatic carbocycles. The van der Waals surface area contributed by atoms with E-state index in [0.717, 1.165) is 49.2 Å². The molecule has 1 fully saturated rings. The van der Waals surface area contributed by atoms with Gasteiger partial charge in [0.2, 0.25) is 12.7 Å². The van der Waals surface area contributed by atoms with Crippen LogP contribution in [0.4, 0.5) is 11.6 Å². The maximum Gasteiger partial charge on any atom is 0.262 e. The normalized spacial score (nSPS) is 19.2. The highest BCUT2D eigenvalue weighted by molar-refractivity contribution is 6.09. The lowest BCUT2D eigenvalue weighted by Gasteiger charge is -2.30. The van der Waals surface area contributed by atoms with E-state index in [1.807, 2.05) is 18.2 Å². The first-order chi connectivity index (χ1) is 12.7. The standard InChI is InChI=1S/C19H20N4O3/c1-12-4-6-22(7-5-12)19-20-9-14-15(21-19)10-23(18(14)24)13-2-3-16-17(8-13)26-11-25-16/h2-3,8-9,12H,4-7,10-11H2,1H3. The van der Waals surface area contributed by atoms with Crippen LogP contribution in [-0.2, 0) is 6.54 Å². The van der Waals surface area contributed by atoms with Crippen molar-refractivity contribution in [1.29, 1.82) is 0 Å². The molecule has 3 aliphatic rings. The molecule has 26 heavy (non-hydrogen) atoms. The summed E-state index contributed by atoms with van der Waals surface area (Å²) in [5, 5.41) is 0. The molecular weight excluding hydrogens is 332 g/mol. The van der Waals surface area contributed by atoms with E-state index >= 15 is 0 Å². The molecule has 0 N–H and O–H groups in total. The van der Waals surface area contributed by atoms with E-state index in [1.165, 1.54) is 0 Å². The molecule has 2 aromatic rings. The Morgan fingerprint density at radius 1 is 1.15 bits per heavy atom. The first-order valence-corrected chi connectivity index (χ1v) is 9.01. The summed E-state index contributed by atoms with van der Waals surface area (Å²) in [4.78, 5) is 25.9. The molecule has 0 atom stereocenters. The van der Waals surface area contributed by atoms with Gasteiger partial charge in [0, 0.05) is 31.0 Å². The summed E-state index contributed by atoms with van der Waals surface area (Å²) in [6.45, 7) is 4.90. The third kappa shape index (κ3) is 2.46. The highest BCUT2D eigenvalue weighted by Gasteiger charge is 2.32. The van der Waals surface area contributed by atoms with Crippen molar-refractivity contribution in [3.05, 3.63) is 35.7 Å². The Hall–Kier alpha value is -2.83. The molecule has 1 amide bonds. The Morgan fingerprint density at radius 2 is 1.96 bits per heavy atom. The smallest absolute Gasteiger partial charge is 0.262 e. The summed E-state index contributed by atoms with van der Waals surface area (Å²) in [5.41, 5.74) is 2.15. The van der Waals surface area contributed by atoms with Crippen molar-refractivity contribution in [3.63, 3.8) is 0 Å². The van der Waals surface area contributed by atoms with E-state index in [9.17, 15) is 4.79 Å². The van der Waals surface area contributed by atoms with Crippen LogP contribution in [0.2, 0.25) is 0 Å². The third-order valence-corrected chi connectivity index (χ3v) is 5.37. The molecule has 5 rings (SSSR count). The summed E-state index contributed by atoms with van der Waals surface area (Å²) >= 11 is 0. The lowest BCUT2D eigenvalue weighted by molar-refractivity contribution is 0.0996. The molecule has 0 radical (unpaired) electrons. The summed E-state index contributed by atoms with van der Waals surface area (Å²) in [6, 6.07) is 5.55. The van der Waals surface area contributed by atoms with Crippen LogP contribution in [0, 0.1) is 5.92 Å². The number of carbonyl (C=O) groups excluding carboxylic acids is 1. The number of benzene rings is 1. The number of amides is 1. The molecule has 0 spiro atoms. The topological polar surface area (TPSA) is 67.8 Å². The molecule has 1 aromatic heterocycles. The van der Waals surface area contributed by atoms with Crippen molar-refractivity contribution in [1.82, 2.24) is 9.97 Å². The Kier molecular flexibility index (Phi) is 3.48. The van der Waals surface area contributed by atoms with E-state index < -0.39 is 0 Å². The zero-order valence-corrected chi connectivity index (χ0v) is 14.6. The summed E-state index contributed by atoms with van der Waals surface area (Å²) in [6.07, 6.45) is 3.98. The van der Waals surface area contributed by atoms with Gasteiger partial charge in [0.05, 0.1) is 17.8 Å². The van der Waals surface area contributed by atoms with Crippen LogP contribution in [0.25, 0.3) is 0 Å². The Labute approximate surface area is 151 Å². The number of aromatic nitrogens is 2. The molecule has 0 aliphatic carbocycles. The highest BCUT2D eigenvalue weighted by atomic mass is 16.7. The molecule has 4 heterocycles. The van der Waals surface area contributed by atoms with Gasteiger partial charge in [0.1, 0.15) is 0 Å². The van der Waals surface area contributed by atoms with E-state index in [2.05, 4.69) is 16.8 Å². The quantitative estimate of drug-likeness (QED) is 0.828. The van der Waals surface area contributed by atoms with Crippen LogP contribution in [0.3, 0.4) is 0 Å². The predicted octanol–water partition coefficient (Wildman–Crippen LogP) is 2.60. The number of nitrogens with zero attached hydrogens (tertiary/aromatic N) is 4. The first-order valence-electron chi connectivity index (χ1n) is 9.01. The van der Waals surface area contributed by atoms with E-state index in [0.29, 0.717) is 23.6 Å². The van der Waals surface area contributed by atoms with Gasteiger partial charge in [-0.15, -0.1) is 0 Å². The van der Waals surface area contributed by atoms with Gasteiger partial charge in [0.25, 0.3) is 5.91 Å². The van der Waals surface area contributed by atoms with Crippen molar-refractivity contribution in [2.24, 2.45) is 5.92 Å². The number of piperidine rings is 1. The van der Waals surface area contributed by atoms with Gasteiger partial charge in [-0.2, -0.15) is 0 Å². The molecule has 134 valence electrons. The van der Waals surface area contributed by atoms with E-state index in [1.54, 1.807) is 11.1 Å². The number of rotatable bonds is 2. The fourth-order valence-corrected chi connectivity index (χ4v) is 3.70. The van der Waals surface area contributed by atoms with Crippen molar-refractivity contribution in [2.75, 3.05) is 29.7 Å². The monoisotopic (exact) mass is 352 g/mol. The lowest BCUT2D eigenvalue weighted by atomic mass is 10.00. The SMILES string of the molecule is CC1CCN(c2ncc3c(n2)CN(c2ccc4c(c2)OCO4)C3=O)CC1. The van der Waals surface area contributed by atoms with Crippen molar-refractivity contribution in [3.8, 4) is 11.5 Å². The Morgan fingerprint density at radius 3 is 2.81 bits per heavy atom. The van der Waals surface area contributed by atoms with Gasteiger partial charge < -0.3 is 19.3 Å². The number of hydrogen-bond donors (Lipinski definition) is 0. The van der Waals surface area contributed by atoms with Crippen LogP contribution >= 0.6 is 0 Å². The summed E-state index contributed by atoms with van der Waals surface area (Å²) in [5.74, 6) is 2.79. The number of ether oxygens (including phenoxy) is 2. The second kappa shape index (κ2) is 5.86. The number of anilines is 2. The maximum atomic E-state index is 12.8. The lowest BCUT2D eigenvalue weighted by Crippen LogP contribution is -2.34. The Bertz CT molecular complexity index is 877. The summed E-state index contributed by atoms with van der Waals surface area (Å²) < 4.78 is 10.8. The molecule has 7 heteroatoms. The van der Waals surface area contributed by atoms with Gasteiger partial charge in [-0.1, -0.05) is 6.92 Å². The second-order valence-corrected chi connectivity index (χ2v) is 7.13. The minimum Gasteiger partial charge on any atom is -0.454 e. The zero-order valence-electron chi connectivity index (χ0n) is 14.6. The fourth-order valence-electron chi connectivity index (χ4n) is 3.70. The van der Waals surface area contributed by atoms with Crippen molar-refractivity contribution >= 4 is 17.5 Å². The van der Waals surface area contributed by atoms with Crippen LogP contribution in [0.1, 0.15) is 35.8 Å². The van der Waals surface area contributed by atoms with Crippen LogP contribution in [0.5, 0.6) is 11.5 Å². The summed E-state index contributed by atoms with van der Waals surface area (Å²) in [7, 11) is 0. The third-order valence-electron chi connectivity index (χ3n) is 5.37. The molecule has 3 aliphatic heterocycles. The zero-order chi connectivity index (χ0) is 17.7. The van der Waals surface area contributed by atoms with E-state index in [4.69, 9.17) is 14.5 Å². The van der Waals surface area contributed by atoms with Crippen LogP contribution < -0.4 is 19.3 Å². The second-order valence-electron chi connectivity index (χ2n) is 7.13. The van der Waals surface area contributed by atoms with Crippen molar-refractivity contribution < 1.29 is 14.3 Å². The first kappa shape index (κ1) is 15.4. The van der Waals surface area contributed by atoms with Gasteiger partial charge in [-0.25, -0.2) is 9.97 Å². The molecule has 1 saturated heterocycles. The molecule has 7 nitrogen and oxygen atoms in total. The minimum atomic E-state index is -0.0716. The number of fused-ring (bicyclic) bond motifs is 2. The number of carbonyl (C=O) groups is 1. The average Bonchev–Trinajstić information content (AvgIpc) is 3.26. The minimum absolute atomic E-state index is 0.0716. The maximum absolute atomic E-state index is 12.8.